The number of hydrogen-bond donors (Lipinski definition) is 1. The highest BCUT2D eigenvalue weighted by Gasteiger charge is 2.36. The first-order valence-electron chi connectivity index (χ1n) is 6.87. The molecule has 0 aliphatic heterocycles. The van der Waals surface area contributed by atoms with Crippen LogP contribution in [0.1, 0.15) is 30.5 Å². The third-order valence-electron chi connectivity index (χ3n) is 3.10. The van der Waals surface area contributed by atoms with Crippen LogP contribution in [0.5, 0.6) is 0 Å². The SMILES string of the molecule is CC(/C=C/C=C(\C)c1cc(C(F)(F)F)cc(C(F)(F)F)c1)=C\C(=O)O. The van der Waals surface area contributed by atoms with Crippen molar-refractivity contribution in [3.8, 4) is 0 Å². The zero-order chi connectivity index (χ0) is 19.4. The largest absolute Gasteiger partial charge is 0.478 e. The Morgan fingerprint density at radius 3 is 1.84 bits per heavy atom. The second kappa shape index (κ2) is 7.58. The number of benzene rings is 1. The van der Waals surface area contributed by atoms with Crippen LogP contribution in [0.2, 0.25) is 0 Å². The molecule has 1 aromatic rings. The summed E-state index contributed by atoms with van der Waals surface area (Å²) in [6.45, 7) is 2.84. The smallest absolute Gasteiger partial charge is 0.416 e. The Kier molecular flexibility index (Phi) is 6.23. The number of carboxylic acid groups (broad SMARTS) is 1. The van der Waals surface area contributed by atoms with Crippen molar-refractivity contribution in [2.45, 2.75) is 26.2 Å². The van der Waals surface area contributed by atoms with Gasteiger partial charge in [-0.15, -0.1) is 0 Å². The lowest BCUT2D eigenvalue weighted by Crippen LogP contribution is -2.11. The zero-order valence-corrected chi connectivity index (χ0v) is 13.2. The number of carbonyl (C=O) groups is 1. The molecule has 0 saturated heterocycles. The van der Waals surface area contributed by atoms with Gasteiger partial charge in [0.2, 0.25) is 0 Å². The van der Waals surface area contributed by atoms with Crippen molar-refractivity contribution < 1.29 is 36.2 Å². The van der Waals surface area contributed by atoms with Gasteiger partial charge in [-0.25, -0.2) is 4.79 Å². The van der Waals surface area contributed by atoms with Gasteiger partial charge >= 0.3 is 18.3 Å². The number of allylic oxidation sites excluding steroid dienone is 5. The average molecular weight is 364 g/mol. The van der Waals surface area contributed by atoms with Crippen molar-refractivity contribution in [2.24, 2.45) is 0 Å². The number of halogens is 6. The summed E-state index contributed by atoms with van der Waals surface area (Å²) in [5.41, 5.74) is -2.49. The number of hydrogen-bond acceptors (Lipinski definition) is 1. The summed E-state index contributed by atoms with van der Waals surface area (Å²) in [6.07, 6.45) is -4.89. The van der Waals surface area contributed by atoms with Crippen LogP contribution in [-0.4, -0.2) is 11.1 Å². The molecule has 1 N–H and O–H groups in total. The predicted molar refractivity (Wildman–Crippen MR) is 80.6 cm³/mol. The highest BCUT2D eigenvalue weighted by atomic mass is 19.4. The van der Waals surface area contributed by atoms with E-state index in [1.807, 2.05) is 0 Å². The van der Waals surface area contributed by atoms with Crippen LogP contribution >= 0.6 is 0 Å². The second-order valence-electron chi connectivity index (χ2n) is 5.23. The van der Waals surface area contributed by atoms with Gasteiger partial charge in [-0.05, 0) is 48.8 Å². The fourth-order valence-corrected chi connectivity index (χ4v) is 1.87. The van der Waals surface area contributed by atoms with Crippen molar-refractivity contribution in [1.29, 1.82) is 0 Å². The van der Waals surface area contributed by atoms with Gasteiger partial charge in [0.15, 0.2) is 0 Å². The average Bonchev–Trinajstić information content (AvgIpc) is 2.44. The van der Waals surface area contributed by atoms with Crippen LogP contribution in [0.15, 0.2) is 48.1 Å². The first kappa shape index (κ1) is 20.5. The van der Waals surface area contributed by atoms with E-state index in [9.17, 15) is 31.1 Å². The van der Waals surface area contributed by atoms with Crippen molar-refractivity contribution in [3.63, 3.8) is 0 Å². The summed E-state index contributed by atoms with van der Waals surface area (Å²) in [6, 6.07) is 1.33. The van der Waals surface area contributed by atoms with Crippen molar-refractivity contribution in [3.05, 3.63) is 64.8 Å². The van der Waals surface area contributed by atoms with Gasteiger partial charge < -0.3 is 5.11 Å². The Hall–Kier alpha value is -2.51. The molecule has 1 aromatic carbocycles. The minimum atomic E-state index is -4.91. The second-order valence-corrected chi connectivity index (χ2v) is 5.23. The van der Waals surface area contributed by atoms with E-state index in [2.05, 4.69) is 0 Å². The quantitative estimate of drug-likeness (QED) is 0.422. The van der Waals surface area contributed by atoms with Crippen LogP contribution in [0.3, 0.4) is 0 Å². The van der Waals surface area contributed by atoms with Gasteiger partial charge in [0, 0.05) is 6.08 Å². The summed E-state index contributed by atoms with van der Waals surface area (Å²) in [4.78, 5) is 10.5. The van der Waals surface area contributed by atoms with E-state index in [4.69, 9.17) is 5.11 Å². The molecule has 0 aliphatic rings. The molecule has 0 heterocycles. The minimum absolute atomic E-state index is 0.0619. The summed E-state index contributed by atoms with van der Waals surface area (Å²) in [5.74, 6) is -1.17. The van der Waals surface area contributed by atoms with E-state index in [1.54, 1.807) is 0 Å². The Bertz CT molecular complexity index is 704. The lowest BCUT2D eigenvalue weighted by molar-refractivity contribution is -0.143. The topological polar surface area (TPSA) is 37.3 Å². The van der Waals surface area contributed by atoms with Crippen LogP contribution in [0.4, 0.5) is 26.3 Å². The van der Waals surface area contributed by atoms with E-state index in [-0.39, 0.29) is 17.2 Å². The first-order chi connectivity index (χ1) is 11.3. The standard InChI is InChI=1S/C17H14F6O2/c1-10(6-15(24)25)4-3-5-11(2)12-7-13(16(18,19)20)9-14(8-12)17(21,22)23/h3-9H,1-2H3,(H,24,25)/b4-3+,10-6+,11-5+. The maximum Gasteiger partial charge on any atom is 0.416 e. The summed E-state index contributed by atoms with van der Waals surface area (Å²) < 4.78 is 76.9. The maximum atomic E-state index is 12.8. The molecule has 0 unspecified atom stereocenters. The van der Waals surface area contributed by atoms with Crippen molar-refractivity contribution >= 4 is 11.5 Å². The Balaban J connectivity index is 3.29. The van der Waals surface area contributed by atoms with Gasteiger partial charge in [0.05, 0.1) is 11.1 Å². The van der Waals surface area contributed by atoms with Crippen molar-refractivity contribution in [2.75, 3.05) is 0 Å². The molecule has 0 spiro atoms. The Morgan fingerprint density at radius 2 is 1.44 bits per heavy atom. The summed E-state index contributed by atoms with van der Waals surface area (Å²) in [5, 5.41) is 8.55. The molecule has 136 valence electrons. The lowest BCUT2D eigenvalue weighted by atomic mass is 9.99. The maximum absolute atomic E-state index is 12.8. The monoisotopic (exact) mass is 364 g/mol. The molecule has 0 bridgehead atoms. The number of carboxylic acids is 1. The van der Waals surface area contributed by atoms with Gasteiger partial charge in [-0.2, -0.15) is 26.3 Å². The van der Waals surface area contributed by atoms with E-state index < -0.39 is 29.4 Å². The fourth-order valence-electron chi connectivity index (χ4n) is 1.87. The molecule has 1 rings (SSSR count). The van der Waals surface area contributed by atoms with Crippen LogP contribution in [0, 0.1) is 0 Å². The normalized spacial score (nSPS) is 14.2. The fraction of sp³-hybridized carbons (Fsp3) is 0.235. The molecule has 0 saturated carbocycles. The molecule has 0 amide bonds. The number of alkyl halides is 6. The van der Waals surface area contributed by atoms with E-state index in [0.29, 0.717) is 17.7 Å². The van der Waals surface area contributed by atoms with E-state index in [0.717, 1.165) is 6.08 Å². The van der Waals surface area contributed by atoms with Gasteiger partial charge in [-0.3, -0.25) is 0 Å². The van der Waals surface area contributed by atoms with Crippen LogP contribution < -0.4 is 0 Å². The molecule has 0 aliphatic carbocycles. The molecule has 0 aromatic heterocycles. The highest BCUT2D eigenvalue weighted by Crippen LogP contribution is 2.37. The Morgan fingerprint density at radius 1 is 0.960 bits per heavy atom. The molecule has 0 fully saturated rings. The van der Waals surface area contributed by atoms with Crippen molar-refractivity contribution in [1.82, 2.24) is 0 Å². The highest BCUT2D eigenvalue weighted by molar-refractivity contribution is 5.81. The van der Waals surface area contributed by atoms with E-state index >= 15 is 0 Å². The van der Waals surface area contributed by atoms with Gasteiger partial charge in [-0.1, -0.05) is 18.2 Å². The van der Waals surface area contributed by atoms with Gasteiger partial charge in [0.25, 0.3) is 0 Å². The first-order valence-corrected chi connectivity index (χ1v) is 6.87. The molecular weight excluding hydrogens is 350 g/mol. The van der Waals surface area contributed by atoms with E-state index in [1.165, 1.54) is 32.1 Å². The third-order valence-corrected chi connectivity index (χ3v) is 3.10. The molecule has 0 radical (unpaired) electrons. The van der Waals surface area contributed by atoms with Gasteiger partial charge in [0.1, 0.15) is 0 Å². The zero-order valence-electron chi connectivity index (χ0n) is 13.2. The third kappa shape index (κ3) is 6.48. The lowest BCUT2D eigenvalue weighted by Gasteiger charge is -2.14. The molecule has 25 heavy (non-hydrogen) atoms. The van der Waals surface area contributed by atoms with Crippen LogP contribution in [-0.2, 0) is 17.1 Å². The number of aliphatic carboxylic acids is 1. The minimum Gasteiger partial charge on any atom is -0.478 e. The molecule has 0 atom stereocenters. The number of rotatable bonds is 4. The van der Waals surface area contributed by atoms with Crippen LogP contribution in [0.25, 0.3) is 5.57 Å². The predicted octanol–water partition coefficient (Wildman–Crippen LogP) is 5.71. The summed E-state index contributed by atoms with van der Waals surface area (Å²) >= 11 is 0. The summed E-state index contributed by atoms with van der Waals surface area (Å²) in [7, 11) is 0. The molecule has 2 nitrogen and oxygen atoms in total. The molecule has 8 heteroatoms. The Labute approximate surface area is 139 Å². The molecular formula is C17H14F6O2.